The third-order valence-corrected chi connectivity index (χ3v) is 3.62. The second kappa shape index (κ2) is 5.61. The molecule has 0 fully saturated rings. The molecule has 0 bridgehead atoms. The van der Waals surface area contributed by atoms with E-state index in [1.807, 2.05) is 0 Å². The van der Waals surface area contributed by atoms with Crippen molar-refractivity contribution in [1.82, 2.24) is 0 Å². The highest BCUT2D eigenvalue weighted by atomic mass is 35.5. The number of hydrogen-bond acceptors (Lipinski definition) is 0. The number of rotatable bonds is 2. The first kappa shape index (κ1) is 14.5. The standard InChI is InChI=1S/C13H6Cl3F3/c14-6-1-3-9(15)8(5-6)11(16)7-2-4-10(17)13(19)12(7)18/h1-5,11H. The molecule has 2 aromatic carbocycles. The molecule has 0 saturated carbocycles. The highest BCUT2D eigenvalue weighted by Crippen LogP contribution is 2.37. The van der Waals surface area contributed by atoms with E-state index in [9.17, 15) is 13.2 Å². The van der Waals surface area contributed by atoms with E-state index in [0.29, 0.717) is 10.6 Å². The first-order chi connectivity index (χ1) is 8.91. The van der Waals surface area contributed by atoms with Crippen LogP contribution in [0, 0.1) is 17.5 Å². The van der Waals surface area contributed by atoms with Crippen molar-refractivity contribution in [2.45, 2.75) is 5.38 Å². The molecule has 0 heterocycles. The molecule has 2 rings (SSSR count). The molecule has 0 radical (unpaired) electrons. The van der Waals surface area contributed by atoms with E-state index in [1.54, 1.807) is 6.07 Å². The van der Waals surface area contributed by atoms with Gasteiger partial charge in [-0.25, -0.2) is 13.2 Å². The number of halogens is 6. The SMILES string of the molecule is Fc1ccc(C(Cl)c2cc(Cl)ccc2Cl)c(F)c1F. The fourth-order valence-electron chi connectivity index (χ4n) is 1.61. The summed E-state index contributed by atoms with van der Waals surface area (Å²) in [4.78, 5) is 0. The molecule has 0 nitrogen and oxygen atoms in total. The van der Waals surface area contributed by atoms with Crippen molar-refractivity contribution >= 4 is 34.8 Å². The fraction of sp³-hybridized carbons (Fsp3) is 0.0769. The zero-order valence-corrected chi connectivity index (χ0v) is 11.5. The van der Waals surface area contributed by atoms with Gasteiger partial charge in [0.15, 0.2) is 17.5 Å². The molecule has 100 valence electrons. The highest BCUT2D eigenvalue weighted by Gasteiger charge is 2.22. The Morgan fingerprint density at radius 3 is 2.21 bits per heavy atom. The summed E-state index contributed by atoms with van der Waals surface area (Å²) < 4.78 is 39.7. The van der Waals surface area contributed by atoms with Crippen molar-refractivity contribution in [2.75, 3.05) is 0 Å². The third-order valence-electron chi connectivity index (χ3n) is 2.57. The van der Waals surface area contributed by atoms with Crippen LogP contribution in [0.3, 0.4) is 0 Å². The Hall–Kier alpha value is -0.900. The van der Waals surface area contributed by atoms with Crippen molar-refractivity contribution in [1.29, 1.82) is 0 Å². The van der Waals surface area contributed by atoms with Crippen LogP contribution in [0.25, 0.3) is 0 Å². The topological polar surface area (TPSA) is 0 Å². The summed E-state index contributed by atoms with van der Waals surface area (Å²) in [6.07, 6.45) is 0. The van der Waals surface area contributed by atoms with Gasteiger partial charge in [-0.1, -0.05) is 29.3 Å². The minimum Gasteiger partial charge on any atom is -0.204 e. The van der Waals surface area contributed by atoms with E-state index < -0.39 is 22.8 Å². The fourth-order valence-corrected chi connectivity index (χ4v) is 2.43. The molecule has 0 amide bonds. The lowest BCUT2D eigenvalue weighted by molar-refractivity contribution is 0.441. The lowest BCUT2D eigenvalue weighted by Crippen LogP contribution is -2.02. The third kappa shape index (κ3) is 2.83. The van der Waals surface area contributed by atoms with Crippen molar-refractivity contribution in [3.63, 3.8) is 0 Å². The van der Waals surface area contributed by atoms with Gasteiger partial charge in [-0.2, -0.15) is 0 Å². The van der Waals surface area contributed by atoms with E-state index in [-0.39, 0.29) is 10.6 Å². The van der Waals surface area contributed by atoms with Gasteiger partial charge in [-0.05, 0) is 29.8 Å². The maximum Gasteiger partial charge on any atom is 0.194 e. The summed E-state index contributed by atoms with van der Waals surface area (Å²) in [7, 11) is 0. The van der Waals surface area contributed by atoms with Crippen LogP contribution >= 0.6 is 34.8 Å². The molecular weight excluding hydrogens is 319 g/mol. The Morgan fingerprint density at radius 1 is 0.842 bits per heavy atom. The number of benzene rings is 2. The van der Waals surface area contributed by atoms with E-state index in [2.05, 4.69) is 0 Å². The Bertz CT molecular complexity index is 629. The van der Waals surface area contributed by atoms with Gasteiger partial charge < -0.3 is 0 Å². The number of alkyl halides is 1. The van der Waals surface area contributed by atoms with Gasteiger partial charge in [0.2, 0.25) is 0 Å². The van der Waals surface area contributed by atoms with Gasteiger partial charge in [-0.15, -0.1) is 11.6 Å². The summed E-state index contributed by atoms with van der Waals surface area (Å²) in [6.45, 7) is 0. The first-order valence-corrected chi connectivity index (χ1v) is 6.33. The van der Waals surface area contributed by atoms with Crippen LogP contribution in [0.4, 0.5) is 13.2 Å². The Labute approximate surface area is 122 Å². The molecule has 19 heavy (non-hydrogen) atoms. The molecule has 0 aliphatic carbocycles. The Balaban J connectivity index is 2.53. The van der Waals surface area contributed by atoms with Crippen molar-refractivity contribution in [3.05, 3.63) is 69.0 Å². The van der Waals surface area contributed by atoms with Crippen LogP contribution in [0.2, 0.25) is 10.0 Å². The average Bonchev–Trinajstić information content (AvgIpc) is 2.38. The summed E-state index contributed by atoms with van der Waals surface area (Å²) in [6, 6.07) is 6.36. The van der Waals surface area contributed by atoms with Crippen LogP contribution in [0.15, 0.2) is 30.3 Å². The molecule has 0 saturated heterocycles. The van der Waals surface area contributed by atoms with Crippen LogP contribution < -0.4 is 0 Å². The molecular formula is C13H6Cl3F3. The molecule has 0 N–H and O–H groups in total. The molecule has 0 aliphatic rings. The minimum absolute atomic E-state index is 0.204. The molecule has 0 spiro atoms. The van der Waals surface area contributed by atoms with Crippen LogP contribution in [0.5, 0.6) is 0 Å². The van der Waals surface area contributed by atoms with Crippen LogP contribution in [0.1, 0.15) is 16.5 Å². The maximum atomic E-state index is 13.7. The predicted octanol–water partition coefficient (Wildman–Crippen LogP) is 5.74. The van der Waals surface area contributed by atoms with Gasteiger partial charge in [0.1, 0.15) is 0 Å². The van der Waals surface area contributed by atoms with Crippen molar-refractivity contribution in [3.8, 4) is 0 Å². The van der Waals surface area contributed by atoms with Gasteiger partial charge in [-0.3, -0.25) is 0 Å². The smallest absolute Gasteiger partial charge is 0.194 e. The normalized spacial score (nSPS) is 12.5. The Morgan fingerprint density at radius 2 is 1.53 bits per heavy atom. The van der Waals surface area contributed by atoms with Crippen molar-refractivity contribution in [2.24, 2.45) is 0 Å². The van der Waals surface area contributed by atoms with Gasteiger partial charge in [0, 0.05) is 15.6 Å². The van der Waals surface area contributed by atoms with Gasteiger partial charge in [0.05, 0.1) is 5.38 Å². The van der Waals surface area contributed by atoms with E-state index in [4.69, 9.17) is 34.8 Å². The summed E-state index contributed by atoms with van der Waals surface area (Å²) in [5.41, 5.74) is 0.116. The molecule has 6 heteroatoms. The second-order valence-electron chi connectivity index (χ2n) is 3.79. The second-order valence-corrected chi connectivity index (χ2v) is 5.07. The highest BCUT2D eigenvalue weighted by molar-refractivity contribution is 6.35. The van der Waals surface area contributed by atoms with E-state index in [1.165, 1.54) is 12.1 Å². The van der Waals surface area contributed by atoms with E-state index >= 15 is 0 Å². The summed E-state index contributed by atoms with van der Waals surface area (Å²) in [5.74, 6) is -4.18. The van der Waals surface area contributed by atoms with Crippen molar-refractivity contribution < 1.29 is 13.2 Å². The molecule has 0 aromatic heterocycles. The molecule has 0 aliphatic heterocycles. The van der Waals surface area contributed by atoms with E-state index in [0.717, 1.165) is 12.1 Å². The largest absolute Gasteiger partial charge is 0.204 e. The van der Waals surface area contributed by atoms with Gasteiger partial charge >= 0.3 is 0 Å². The quantitative estimate of drug-likeness (QED) is 0.488. The van der Waals surface area contributed by atoms with Crippen LogP contribution in [-0.4, -0.2) is 0 Å². The average molecular weight is 326 g/mol. The minimum atomic E-state index is -1.57. The molecule has 2 aromatic rings. The molecule has 1 unspecified atom stereocenters. The summed E-state index contributed by atoms with van der Waals surface area (Å²) >= 11 is 17.8. The maximum absolute atomic E-state index is 13.7. The summed E-state index contributed by atoms with van der Waals surface area (Å²) in [5, 5.41) is -0.456. The first-order valence-electron chi connectivity index (χ1n) is 5.14. The van der Waals surface area contributed by atoms with Gasteiger partial charge in [0.25, 0.3) is 0 Å². The monoisotopic (exact) mass is 324 g/mol. The van der Waals surface area contributed by atoms with Crippen LogP contribution in [-0.2, 0) is 0 Å². The lowest BCUT2D eigenvalue weighted by Gasteiger charge is -2.14. The lowest BCUT2D eigenvalue weighted by atomic mass is 10.0. The Kier molecular flexibility index (Phi) is 4.29. The zero-order chi connectivity index (χ0) is 14.2. The zero-order valence-electron chi connectivity index (χ0n) is 9.23. The molecule has 1 atom stereocenters. The predicted molar refractivity (Wildman–Crippen MR) is 70.5 cm³/mol. The number of hydrogen-bond donors (Lipinski definition) is 0.